The van der Waals surface area contributed by atoms with Crippen molar-refractivity contribution in [3.05, 3.63) is 59.1 Å². The molecule has 0 fully saturated rings. The molecule has 25 heavy (non-hydrogen) atoms. The van der Waals surface area contributed by atoms with Crippen molar-refractivity contribution < 1.29 is 13.2 Å². The number of anilines is 1. The van der Waals surface area contributed by atoms with Crippen LogP contribution < -0.4 is 10.6 Å². The molecule has 0 unspecified atom stereocenters. The molecule has 0 saturated heterocycles. The van der Waals surface area contributed by atoms with Gasteiger partial charge < -0.3 is 5.32 Å². The molecule has 2 aromatic rings. The minimum atomic E-state index is -3.49. The molecule has 0 saturated carbocycles. The van der Waals surface area contributed by atoms with Crippen LogP contribution in [-0.2, 0) is 10.0 Å². The minimum Gasteiger partial charge on any atom is -0.332 e. The summed E-state index contributed by atoms with van der Waals surface area (Å²) in [7, 11) is -0.575. The second-order valence-corrected chi connectivity index (χ2v) is 8.17. The van der Waals surface area contributed by atoms with Gasteiger partial charge in [0.2, 0.25) is 10.0 Å². The largest absolute Gasteiger partial charge is 0.332 e. The molecule has 1 amide bonds. The molecule has 0 heterocycles. The van der Waals surface area contributed by atoms with E-state index in [0.29, 0.717) is 16.3 Å². The summed E-state index contributed by atoms with van der Waals surface area (Å²) in [5, 5.41) is 5.73. The number of thiocarbonyl (C=S) groups is 1. The van der Waals surface area contributed by atoms with E-state index in [1.54, 1.807) is 36.4 Å². The van der Waals surface area contributed by atoms with Gasteiger partial charge in [-0.25, -0.2) is 12.7 Å². The lowest BCUT2D eigenvalue weighted by molar-refractivity contribution is 0.0978. The zero-order chi connectivity index (χ0) is 18.6. The standard InChI is InChI=1S/C16H16ClN3O3S2/c1-20(2)25(22,23)12-9-7-11(8-10-12)18-16(24)19-15(21)13-5-3-4-6-14(13)17/h3-10H,1-2H3,(H2,18,19,21,24). The van der Waals surface area contributed by atoms with Gasteiger partial charge in [0.1, 0.15) is 0 Å². The first-order valence-corrected chi connectivity index (χ1v) is 9.34. The topological polar surface area (TPSA) is 78.5 Å². The SMILES string of the molecule is CN(C)S(=O)(=O)c1ccc(NC(=S)NC(=O)c2ccccc2Cl)cc1. The van der Waals surface area contributed by atoms with Crippen LogP contribution in [0.25, 0.3) is 0 Å². The minimum absolute atomic E-state index is 0.0770. The van der Waals surface area contributed by atoms with E-state index in [1.165, 1.54) is 26.2 Å². The highest BCUT2D eigenvalue weighted by molar-refractivity contribution is 7.89. The average molecular weight is 398 g/mol. The molecule has 0 aliphatic heterocycles. The van der Waals surface area contributed by atoms with Crippen LogP contribution >= 0.6 is 23.8 Å². The van der Waals surface area contributed by atoms with E-state index in [-0.39, 0.29) is 10.0 Å². The Morgan fingerprint density at radius 1 is 1.08 bits per heavy atom. The Morgan fingerprint density at radius 3 is 2.24 bits per heavy atom. The summed E-state index contributed by atoms with van der Waals surface area (Å²) in [4.78, 5) is 12.3. The van der Waals surface area contributed by atoms with Crippen molar-refractivity contribution in [2.45, 2.75) is 4.90 Å². The maximum absolute atomic E-state index is 12.1. The Bertz CT molecular complexity index is 897. The Morgan fingerprint density at radius 2 is 1.68 bits per heavy atom. The number of carbonyl (C=O) groups excluding carboxylic acids is 1. The maximum Gasteiger partial charge on any atom is 0.258 e. The van der Waals surface area contributed by atoms with E-state index >= 15 is 0 Å². The van der Waals surface area contributed by atoms with Crippen molar-refractivity contribution in [2.24, 2.45) is 0 Å². The van der Waals surface area contributed by atoms with Gasteiger partial charge in [-0.3, -0.25) is 10.1 Å². The molecule has 132 valence electrons. The van der Waals surface area contributed by atoms with Crippen LogP contribution in [0.5, 0.6) is 0 Å². The van der Waals surface area contributed by atoms with E-state index < -0.39 is 15.9 Å². The molecule has 6 nitrogen and oxygen atoms in total. The van der Waals surface area contributed by atoms with Crippen LogP contribution in [0.15, 0.2) is 53.4 Å². The lowest BCUT2D eigenvalue weighted by atomic mass is 10.2. The van der Waals surface area contributed by atoms with Crippen molar-refractivity contribution in [3.63, 3.8) is 0 Å². The lowest BCUT2D eigenvalue weighted by Gasteiger charge is -2.13. The number of halogens is 1. The molecule has 0 aliphatic carbocycles. The fourth-order valence-corrected chi connectivity index (χ4v) is 3.23. The van der Waals surface area contributed by atoms with Gasteiger partial charge in [0.15, 0.2) is 5.11 Å². The van der Waals surface area contributed by atoms with Crippen LogP contribution in [0.3, 0.4) is 0 Å². The predicted molar refractivity (Wildman–Crippen MR) is 102 cm³/mol. The molecule has 0 atom stereocenters. The molecular formula is C16H16ClN3O3S2. The lowest BCUT2D eigenvalue weighted by Crippen LogP contribution is -2.34. The first kappa shape index (κ1) is 19.3. The smallest absolute Gasteiger partial charge is 0.258 e. The first-order chi connectivity index (χ1) is 11.7. The molecule has 2 N–H and O–H groups in total. The predicted octanol–water partition coefficient (Wildman–Crippen LogP) is 2.72. The van der Waals surface area contributed by atoms with Crippen molar-refractivity contribution >= 4 is 50.5 Å². The second kappa shape index (κ2) is 7.92. The fourth-order valence-electron chi connectivity index (χ4n) is 1.90. The fraction of sp³-hybridized carbons (Fsp3) is 0.125. The van der Waals surface area contributed by atoms with Gasteiger partial charge >= 0.3 is 0 Å². The second-order valence-electron chi connectivity index (χ2n) is 5.20. The van der Waals surface area contributed by atoms with E-state index in [0.717, 1.165) is 4.31 Å². The van der Waals surface area contributed by atoms with Gasteiger partial charge in [-0.2, -0.15) is 0 Å². The maximum atomic E-state index is 12.1. The monoisotopic (exact) mass is 397 g/mol. The van der Waals surface area contributed by atoms with Gasteiger partial charge in [0, 0.05) is 19.8 Å². The van der Waals surface area contributed by atoms with Crippen molar-refractivity contribution in [1.82, 2.24) is 9.62 Å². The van der Waals surface area contributed by atoms with E-state index in [1.807, 2.05) is 0 Å². The van der Waals surface area contributed by atoms with Crippen molar-refractivity contribution in [2.75, 3.05) is 19.4 Å². The van der Waals surface area contributed by atoms with E-state index in [4.69, 9.17) is 23.8 Å². The zero-order valence-corrected chi connectivity index (χ0v) is 15.9. The third-order valence-corrected chi connectivity index (χ3v) is 5.60. The molecule has 0 aliphatic rings. The van der Waals surface area contributed by atoms with Gasteiger partial charge in [-0.05, 0) is 48.6 Å². The normalized spacial score (nSPS) is 11.2. The van der Waals surface area contributed by atoms with E-state index in [2.05, 4.69) is 10.6 Å². The number of hydrogen-bond acceptors (Lipinski definition) is 4. The van der Waals surface area contributed by atoms with Crippen LogP contribution in [0.4, 0.5) is 5.69 Å². The van der Waals surface area contributed by atoms with Crippen molar-refractivity contribution in [1.29, 1.82) is 0 Å². The summed E-state index contributed by atoms with van der Waals surface area (Å²) in [5.41, 5.74) is 0.850. The summed E-state index contributed by atoms with van der Waals surface area (Å²) in [6.45, 7) is 0. The quantitative estimate of drug-likeness (QED) is 0.775. The van der Waals surface area contributed by atoms with Gasteiger partial charge in [-0.15, -0.1) is 0 Å². The summed E-state index contributed by atoms with van der Waals surface area (Å²) in [6.07, 6.45) is 0. The molecule has 2 rings (SSSR count). The summed E-state index contributed by atoms with van der Waals surface area (Å²) < 4.78 is 25.1. The number of carbonyl (C=O) groups is 1. The molecule has 9 heteroatoms. The van der Waals surface area contributed by atoms with E-state index in [9.17, 15) is 13.2 Å². The highest BCUT2D eigenvalue weighted by Crippen LogP contribution is 2.17. The molecule has 0 bridgehead atoms. The first-order valence-electron chi connectivity index (χ1n) is 7.11. The summed E-state index contributed by atoms with van der Waals surface area (Å²) in [6, 6.07) is 12.6. The summed E-state index contributed by atoms with van der Waals surface area (Å²) in [5.74, 6) is -0.435. The Kier molecular flexibility index (Phi) is 6.12. The van der Waals surface area contributed by atoms with Crippen LogP contribution in [0.1, 0.15) is 10.4 Å². The average Bonchev–Trinajstić information content (AvgIpc) is 2.55. The van der Waals surface area contributed by atoms with Crippen LogP contribution in [-0.4, -0.2) is 37.8 Å². The number of rotatable bonds is 4. The van der Waals surface area contributed by atoms with Crippen LogP contribution in [0.2, 0.25) is 5.02 Å². The number of benzene rings is 2. The van der Waals surface area contributed by atoms with Gasteiger partial charge in [0.05, 0.1) is 15.5 Å². The zero-order valence-electron chi connectivity index (χ0n) is 13.5. The number of nitrogens with one attached hydrogen (secondary N) is 2. The Labute approximate surface area is 156 Å². The van der Waals surface area contributed by atoms with Crippen molar-refractivity contribution in [3.8, 4) is 0 Å². The third-order valence-electron chi connectivity index (χ3n) is 3.24. The molecule has 0 spiro atoms. The molecule has 0 radical (unpaired) electrons. The number of amides is 1. The Hall–Kier alpha value is -2.00. The van der Waals surface area contributed by atoms with Crippen LogP contribution in [0, 0.1) is 0 Å². The third kappa shape index (κ3) is 4.76. The molecule has 2 aromatic carbocycles. The highest BCUT2D eigenvalue weighted by atomic mass is 35.5. The number of hydrogen-bond donors (Lipinski definition) is 2. The van der Waals surface area contributed by atoms with Gasteiger partial charge in [0.25, 0.3) is 5.91 Å². The molecular weight excluding hydrogens is 382 g/mol. The highest BCUT2D eigenvalue weighted by Gasteiger charge is 2.17. The number of sulfonamides is 1. The Balaban J connectivity index is 2.04. The van der Waals surface area contributed by atoms with Gasteiger partial charge in [-0.1, -0.05) is 23.7 Å². The number of nitrogens with zero attached hydrogens (tertiary/aromatic N) is 1. The molecule has 0 aromatic heterocycles. The summed E-state index contributed by atoms with van der Waals surface area (Å²) >= 11 is 11.1.